The Kier molecular flexibility index (Phi) is 5.98. The lowest BCUT2D eigenvalue weighted by molar-refractivity contribution is -0.131. The van der Waals surface area contributed by atoms with Crippen molar-refractivity contribution in [2.45, 2.75) is 13.3 Å². The van der Waals surface area contributed by atoms with Crippen LogP contribution in [0.4, 0.5) is 0 Å². The Morgan fingerprint density at radius 2 is 1.74 bits per heavy atom. The van der Waals surface area contributed by atoms with Gasteiger partial charge in [0.25, 0.3) is 0 Å². The van der Waals surface area contributed by atoms with Crippen LogP contribution in [0.3, 0.4) is 0 Å². The van der Waals surface area contributed by atoms with Gasteiger partial charge >= 0.3 is 5.97 Å². The molecule has 0 aromatic heterocycles. The van der Waals surface area contributed by atoms with Crippen LogP contribution in [0.2, 0.25) is 0 Å². The van der Waals surface area contributed by atoms with Gasteiger partial charge in [-0.2, -0.15) is 5.10 Å². The normalized spacial score (nSPS) is 10.9. The summed E-state index contributed by atoms with van der Waals surface area (Å²) < 4.78 is 6.10. The first kappa shape index (κ1) is 18.8. The van der Waals surface area contributed by atoms with Crippen molar-refractivity contribution in [3.63, 3.8) is 0 Å². The molecule has 0 aliphatic carbocycles. The predicted octanol–water partition coefficient (Wildman–Crippen LogP) is 4.22. The highest BCUT2D eigenvalue weighted by Crippen LogP contribution is 2.27. The zero-order valence-corrected chi connectivity index (χ0v) is 16.2. The lowest BCUT2D eigenvalue weighted by Gasteiger charge is -2.08. The summed E-state index contributed by atoms with van der Waals surface area (Å²) in [4.78, 5) is 23.4. The molecule has 1 N–H and O–H groups in total. The minimum Gasteiger partial charge on any atom is -0.426 e. The Hall–Kier alpha value is -2.99. The number of hydrogen-bond donors (Lipinski definition) is 1. The van der Waals surface area contributed by atoms with E-state index in [-0.39, 0.29) is 12.3 Å². The highest BCUT2D eigenvalue weighted by atomic mass is 79.9. The number of fused-ring (bicyclic) bond motifs is 1. The molecule has 0 spiro atoms. The minimum absolute atomic E-state index is 0.205. The van der Waals surface area contributed by atoms with Crippen LogP contribution in [0.25, 0.3) is 10.8 Å². The van der Waals surface area contributed by atoms with Crippen LogP contribution >= 0.6 is 15.9 Å². The molecule has 0 radical (unpaired) electrons. The van der Waals surface area contributed by atoms with E-state index in [0.717, 1.165) is 20.8 Å². The maximum atomic E-state index is 12.3. The van der Waals surface area contributed by atoms with E-state index < -0.39 is 5.97 Å². The van der Waals surface area contributed by atoms with Gasteiger partial charge in [0.1, 0.15) is 5.75 Å². The van der Waals surface area contributed by atoms with Gasteiger partial charge in [-0.1, -0.05) is 58.4 Å². The standard InChI is InChI=1S/C21H17BrN2O3/c1-14(25)27-20-9-5-2-6-16(20)13-23-24-21(26)12-15-10-11-19(22)18-8-4-3-7-17(15)18/h2-11,13H,12H2,1H3,(H,24,26)/b23-13+. The number of carbonyl (C=O) groups is 2. The summed E-state index contributed by atoms with van der Waals surface area (Å²) in [6.07, 6.45) is 1.66. The number of nitrogens with one attached hydrogen (secondary N) is 1. The second-order valence-corrected chi connectivity index (χ2v) is 6.71. The highest BCUT2D eigenvalue weighted by molar-refractivity contribution is 9.10. The number of halogens is 1. The number of amides is 1. The fourth-order valence-electron chi connectivity index (χ4n) is 2.70. The highest BCUT2D eigenvalue weighted by Gasteiger charge is 2.08. The number of hydrogen-bond acceptors (Lipinski definition) is 4. The fourth-order valence-corrected chi connectivity index (χ4v) is 3.18. The van der Waals surface area contributed by atoms with Gasteiger partial charge in [0.15, 0.2) is 0 Å². The van der Waals surface area contributed by atoms with E-state index in [1.165, 1.54) is 13.1 Å². The van der Waals surface area contributed by atoms with E-state index in [9.17, 15) is 9.59 Å². The van der Waals surface area contributed by atoms with Crippen LogP contribution in [0.5, 0.6) is 5.75 Å². The van der Waals surface area contributed by atoms with E-state index in [1.54, 1.807) is 24.3 Å². The molecule has 0 aliphatic rings. The Balaban J connectivity index is 1.70. The Labute approximate surface area is 165 Å². The lowest BCUT2D eigenvalue weighted by atomic mass is 10.0. The van der Waals surface area contributed by atoms with E-state index in [0.29, 0.717) is 11.3 Å². The van der Waals surface area contributed by atoms with E-state index in [1.807, 2.05) is 36.4 Å². The molecule has 6 heteroatoms. The van der Waals surface area contributed by atoms with Crippen molar-refractivity contribution in [3.8, 4) is 5.75 Å². The molecule has 0 saturated carbocycles. The Morgan fingerprint density at radius 3 is 2.52 bits per heavy atom. The molecule has 0 heterocycles. The van der Waals surface area contributed by atoms with E-state index in [2.05, 4.69) is 26.5 Å². The second kappa shape index (κ2) is 8.60. The van der Waals surface area contributed by atoms with Gasteiger partial charge in [-0.05, 0) is 34.5 Å². The molecule has 0 bridgehead atoms. The molecular weight excluding hydrogens is 408 g/mol. The van der Waals surface area contributed by atoms with Crippen molar-refractivity contribution in [1.82, 2.24) is 5.43 Å². The molecule has 27 heavy (non-hydrogen) atoms. The van der Waals surface area contributed by atoms with Gasteiger partial charge in [0.2, 0.25) is 5.91 Å². The fraction of sp³-hybridized carbons (Fsp3) is 0.0952. The molecule has 0 saturated heterocycles. The second-order valence-electron chi connectivity index (χ2n) is 5.85. The molecular formula is C21H17BrN2O3. The SMILES string of the molecule is CC(=O)Oc1ccccc1/C=N/NC(=O)Cc1ccc(Br)c2ccccc12. The van der Waals surface area contributed by atoms with Gasteiger partial charge in [-0.25, -0.2) is 5.43 Å². The molecule has 5 nitrogen and oxygen atoms in total. The van der Waals surface area contributed by atoms with Gasteiger partial charge in [0.05, 0.1) is 12.6 Å². The number of para-hydroxylation sites is 1. The number of carbonyl (C=O) groups excluding carboxylic acids is 2. The zero-order chi connectivity index (χ0) is 19.2. The molecule has 0 fully saturated rings. The summed E-state index contributed by atoms with van der Waals surface area (Å²) in [7, 11) is 0. The molecule has 136 valence electrons. The van der Waals surface area contributed by atoms with Gasteiger partial charge in [0, 0.05) is 17.0 Å². The van der Waals surface area contributed by atoms with Crippen LogP contribution in [0.1, 0.15) is 18.1 Å². The third-order valence-electron chi connectivity index (χ3n) is 3.88. The monoisotopic (exact) mass is 424 g/mol. The number of hydrazone groups is 1. The number of rotatable bonds is 5. The predicted molar refractivity (Wildman–Crippen MR) is 109 cm³/mol. The third kappa shape index (κ3) is 4.80. The molecule has 3 aromatic rings. The summed E-state index contributed by atoms with van der Waals surface area (Å²) >= 11 is 3.53. The molecule has 3 rings (SSSR count). The largest absolute Gasteiger partial charge is 0.426 e. The van der Waals surface area contributed by atoms with E-state index >= 15 is 0 Å². The van der Waals surface area contributed by atoms with Crippen LogP contribution in [0, 0.1) is 0 Å². The maximum absolute atomic E-state index is 12.3. The van der Waals surface area contributed by atoms with Crippen molar-refractivity contribution in [3.05, 3.63) is 76.3 Å². The van der Waals surface area contributed by atoms with Crippen LogP contribution in [-0.4, -0.2) is 18.1 Å². The zero-order valence-electron chi connectivity index (χ0n) is 14.6. The van der Waals surface area contributed by atoms with Crippen LogP contribution in [-0.2, 0) is 16.0 Å². The Morgan fingerprint density at radius 1 is 1.04 bits per heavy atom. The average Bonchev–Trinajstić information content (AvgIpc) is 2.65. The third-order valence-corrected chi connectivity index (χ3v) is 4.57. The molecule has 3 aromatic carbocycles. The van der Waals surface area contributed by atoms with E-state index in [4.69, 9.17) is 4.74 Å². The van der Waals surface area contributed by atoms with Crippen molar-refractivity contribution in [1.29, 1.82) is 0 Å². The number of ether oxygens (including phenoxy) is 1. The van der Waals surface area contributed by atoms with Crippen molar-refractivity contribution < 1.29 is 14.3 Å². The van der Waals surface area contributed by atoms with Crippen LogP contribution < -0.4 is 10.2 Å². The molecule has 1 amide bonds. The molecule has 0 aliphatic heterocycles. The first-order valence-corrected chi connectivity index (χ1v) is 9.09. The average molecular weight is 425 g/mol. The van der Waals surface area contributed by atoms with Gasteiger partial charge in [-0.3, -0.25) is 9.59 Å². The summed E-state index contributed by atoms with van der Waals surface area (Å²) in [5, 5.41) is 6.05. The topological polar surface area (TPSA) is 67.8 Å². The molecule has 0 unspecified atom stereocenters. The first-order chi connectivity index (χ1) is 13.0. The summed E-state index contributed by atoms with van der Waals surface area (Å²) in [5.74, 6) is -0.257. The summed E-state index contributed by atoms with van der Waals surface area (Å²) in [6.45, 7) is 1.33. The smallest absolute Gasteiger partial charge is 0.308 e. The molecule has 0 atom stereocenters. The number of nitrogens with zero attached hydrogens (tertiary/aromatic N) is 1. The quantitative estimate of drug-likeness (QED) is 0.288. The lowest BCUT2D eigenvalue weighted by Crippen LogP contribution is -2.20. The first-order valence-electron chi connectivity index (χ1n) is 8.30. The van der Waals surface area contributed by atoms with Crippen molar-refractivity contribution in [2.24, 2.45) is 5.10 Å². The number of esters is 1. The maximum Gasteiger partial charge on any atom is 0.308 e. The van der Waals surface area contributed by atoms with Gasteiger partial charge in [-0.15, -0.1) is 0 Å². The van der Waals surface area contributed by atoms with Gasteiger partial charge < -0.3 is 4.74 Å². The minimum atomic E-state index is -0.415. The Bertz CT molecular complexity index is 1030. The summed E-state index contributed by atoms with van der Waals surface area (Å²) in [5.41, 5.74) is 4.04. The summed E-state index contributed by atoms with van der Waals surface area (Å²) in [6, 6.07) is 18.7. The van der Waals surface area contributed by atoms with Crippen molar-refractivity contribution >= 4 is 44.8 Å². The van der Waals surface area contributed by atoms with Crippen LogP contribution in [0.15, 0.2) is 70.2 Å². The van der Waals surface area contributed by atoms with Crippen molar-refractivity contribution in [2.75, 3.05) is 0 Å². The number of benzene rings is 3.